The van der Waals surface area contributed by atoms with E-state index in [2.05, 4.69) is 0 Å². The number of ether oxygens (including phenoxy) is 2. The van der Waals surface area contributed by atoms with Crippen LogP contribution in [0.3, 0.4) is 0 Å². The SMILES string of the molecule is CCOC(=O)C(N)c1ccc2c(c1)CCCO2. The van der Waals surface area contributed by atoms with Crippen molar-refractivity contribution >= 4 is 5.97 Å². The highest BCUT2D eigenvalue weighted by Crippen LogP contribution is 2.27. The number of carbonyl (C=O) groups excluding carboxylic acids is 1. The molecule has 4 nitrogen and oxygen atoms in total. The van der Waals surface area contributed by atoms with Crippen LogP contribution in [0.25, 0.3) is 0 Å². The molecule has 0 aromatic heterocycles. The minimum Gasteiger partial charge on any atom is -0.493 e. The number of hydrogen-bond donors (Lipinski definition) is 1. The highest BCUT2D eigenvalue weighted by Gasteiger charge is 2.19. The van der Waals surface area contributed by atoms with Crippen molar-refractivity contribution in [1.29, 1.82) is 0 Å². The molecular weight excluding hydrogens is 218 g/mol. The normalized spacial score (nSPS) is 15.6. The van der Waals surface area contributed by atoms with Crippen molar-refractivity contribution in [2.24, 2.45) is 5.73 Å². The second-order valence-electron chi connectivity index (χ2n) is 4.05. The first-order chi connectivity index (χ1) is 8.22. The lowest BCUT2D eigenvalue weighted by atomic mass is 10.00. The maximum Gasteiger partial charge on any atom is 0.327 e. The Hall–Kier alpha value is -1.55. The predicted octanol–water partition coefficient (Wildman–Crippen LogP) is 1.57. The van der Waals surface area contributed by atoms with Crippen LogP contribution in [-0.4, -0.2) is 19.2 Å². The Balaban J connectivity index is 2.18. The van der Waals surface area contributed by atoms with Crippen molar-refractivity contribution in [1.82, 2.24) is 0 Å². The highest BCUT2D eigenvalue weighted by atomic mass is 16.5. The molecule has 0 bridgehead atoms. The van der Waals surface area contributed by atoms with E-state index in [0.29, 0.717) is 6.61 Å². The number of rotatable bonds is 3. The van der Waals surface area contributed by atoms with E-state index in [1.807, 2.05) is 18.2 Å². The van der Waals surface area contributed by atoms with Crippen molar-refractivity contribution in [3.63, 3.8) is 0 Å². The number of benzene rings is 1. The summed E-state index contributed by atoms with van der Waals surface area (Å²) in [7, 11) is 0. The molecule has 2 rings (SSSR count). The summed E-state index contributed by atoms with van der Waals surface area (Å²) in [6.07, 6.45) is 1.98. The van der Waals surface area contributed by atoms with Gasteiger partial charge in [-0.2, -0.15) is 0 Å². The zero-order valence-electron chi connectivity index (χ0n) is 9.94. The molecule has 1 aliphatic heterocycles. The molecule has 1 unspecified atom stereocenters. The quantitative estimate of drug-likeness (QED) is 0.808. The third-order valence-electron chi connectivity index (χ3n) is 2.83. The van der Waals surface area contributed by atoms with Crippen LogP contribution in [0.1, 0.15) is 30.5 Å². The molecule has 1 aromatic carbocycles. The topological polar surface area (TPSA) is 61.5 Å². The van der Waals surface area contributed by atoms with Crippen LogP contribution in [-0.2, 0) is 16.0 Å². The van der Waals surface area contributed by atoms with Gasteiger partial charge < -0.3 is 15.2 Å². The van der Waals surface area contributed by atoms with Crippen LogP contribution in [0.15, 0.2) is 18.2 Å². The van der Waals surface area contributed by atoms with E-state index in [0.717, 1.165) is 36.3 Å². The molecule has 0 saturated carbocycles. The van der Waals surface area contributed by atoms with Gasteiger partial charge in [0, 0.05) is 0 Å². The lowest BCUT2D eigenvalue weighted by Crippen LogP contribution is -2.24. The maximum absolute atomic E-state index is 11.5. The highest BCUT2D eigenvalue weighted by molar-refractivity contribution is 5.77. The fourth-order valence-electron chi connectivity index (χ4n) is 1.94. The minimum absolute atomic E-state index is 0.348. The molecule has 0 fully saturated rings. The fraction of sp³-hybridized carbons (Fsp3) is 0.462. The zero-order chi connectivity index (χ0) is 12.3. The summed E-state index contributed by atoms with van der Waals surface area (Å²) in [6, 6.07) is 4.94. The first-order valence-electron chi connectivity index (χ1n) is 5.90. The van der Waals surface area contributed by atoms with Crippen LogP contribution in [0, 0.1) is 0 Å². The molecule has 92 valence electrons. The lowest BCUT2D eigenvalue weighted by Gasteiger charge is -2.19. The second-order valence-corrected chi connectivity index (χ2v) is 4.05. The van der Waals surface area contributed by atoms with Crippen LogP contribution in [0.5, 0.6) is 5.75 Å². The third-order valence-corrected chi connectivity index (χ3v) is 2.83. The van der Waals surface area contributed by atoms with Crippen LogP contribution >= 0.6 is 0 Å². The Morgan fingerprint density at radius 2 is 2.41 bits per heavy atom. The van der Waals surface area contributed by atoms with Crippen LogP contribution < -0.4 is 10.5 Å². The molecule has 1 aromatic rings. The van der Waals surface area contributed by atoms with E-state index in [1.54, 1.807) is 6.92 Å². The van der Waals surface area contributed by atoms with Gasteiger partial charge in [-0.05, 0) is 43.0 Å². The molecule has 1 heterocycles. The summed E-state index contributed by atoms with van der Waals surface area (Å²) in [6.45, 7) is 2.88. The van der Waals surface area contributed by atoms with Gasteiger partial charge in [0.25, 0.3) is 0 Å². The molecule has 2 N–H and O–H groups in total. The number of hydrogen-bond acceptors (Lipinski definition) is 4. The number of fused-ring (bicyclic) bond motifs is 1. The molecule has 1 aliphatic rings. The van der Waals surface area contributed by atoms with Gasteiger partial charge in [-0.25, -0.2) is 4.79 Å². The van der Waals surface area contributed by atoms with E-state index < -0.39 is 6.04 Å². The van der Waals surface area contributed by atoms with Crippen molar-refractivity contribution in [3.8, 4) is 5.75 Å². The summed E-state index contributed by atoms with van der Waals surface area (Å²) < 4.78 is 10.4. The van der Waals surface area contributed by atoms with Gasteiger partial charge in [-0.1, -0.05) is 6.07 Å². The van der Waals surface area contributed by atoms with Crippen molar-refractivity contribution < 1.29 is 14.3 Å². The third kappa shape index (κ3) is 2.58. The Kier molecular flexibility index (Phi) is 3.64. The molecule has 0 saturated heterocycles. The Labute approximate surface area is 101 Å². The number of nitrogens with two attached hydrogens (primary N) is 1. The average molecular weight is 235 g/mol. The molecule has 0 radical (unpaired) electrons. The number of esters is 1. The summed E-state index contributed by atoms with van der Waals surface area (Å²) in [5.41, 5.74) is 7.75. The first kappa shape index (κ1) is 11.9. The maximum atomic E-state index is 11.5. The van der Waals surface area contributed by atoms with Crippen molar-refractivity contribution in [2.75, 3.05) is 13.2 Å². The van der Waals surface area contributed by atoms with E-state index in [9.17, 15) is 4.79 Å². The van der Waals surface area contributed by atoms with Crippen molar-refractivity contribution in [2.45, 2.75) is 25.8 Å². The predicted molar refractivity (Wildman–Crippen MR) is 63.8 cm³/mol. The van der Waals surface area contributed by atoms with Crippen LogP contribution in [0.4, 0.5) is 0 Å². The van der Waals surface area contributed by atoms with E-state index in [1.165, 1.54) is 0 Å². The lowest BCUT2D eigenvalue weighted by molar-refractivity contribution is -0.144. The zero-order valence-corrected chi connectivity index (χ0v) is 9.94. The second kappa shape index (κ2) is 5.19. The van der Waals surface area contributed by atoms with Gasteiger partial charge in [0.1, 0.15) is 11.8 Å². The van der Waals surface area contributed by atoms with E-state index in [-0.39, 0.29) is 5.97 Å². The molecule has 4 heteroatoms. The molecule has 0 amide bonds. The summed E-state index contributed by atoms with van der Waals surface area (Å²) in [5, 5.41) is 0. The smallest absolute Gasteiger partial charge is 0.327 e. The Bertz CT molecular complexity index is 417. The minimum atomic E-state index is -0.706. The van der Waals surface area contributed by atoms with E-state index >= 15 is 0 Å². The standard InChI is InChI=1S/C13H17NO3/c1-2-16-13(15)12(14)10-5-6-11-9(8-10)4-3-7-17-11/h5-6,8,12H,2-4,7,14H2,1H3. The molecule has 1 atom stereocenters. The van der Waals surface area contributed by atoms with Gasteiger partial charge >= 0.3 is 5.97 Å². The Morgan fingerprint density at radius 3 is 3.18 bits per heavy atom. The molecule has 0 spiro atoms. The fourth-order valence-corrected chi connectivity index (χ4v) is 1.94. The molecular formula is C13H17NO3. The average Bonchev–Trinajstić information content (AvgIpc) is 2.37. The summed E-state index contributed by atoms with van der Waals surface area (Å²) >= 11 is 0. The number of carbonyl (C=O) groups is 1. The largest absolute Gasteiger partial charge is 0.493 e. The number of aryl methyl sites for hydroxylation is 1. The van der Waals surface area contributed by atoms with Gasteiger partial charge in [-0.3, -0.25) is 0 Å². The van der Waals surface area contributed by atoms with Crippen molar-refractivity contribution in [3.05, 3.63) is 29.3 Å². The first-order valence-corrected chi connectivity index (χ1v) is 5.90. The van der Waals surface area contributed by atoms with Gasteiger partial charge in [-0.15, -0.1) is 0 Å². The molecule has 17 heavy (non-hydrogen) atoms. The molecule has 0 aliphatic carbocycles. The Morgan fingerprint density at radius 1 is 1.59 bits per heavy atom. The van der Waals surface area contributed by atoms with Gasteiger partial charge in [0.15, 0.2) is 0 Å². The monoisotopic (exact) mass is 235 g/mol. The van der Waals surface area contributed by atoms with Gasteiger partial charge in [0.05, 0.1) is 13.2 Å². The van der Waals surface area contributed by atoms with Crippen LogP contribution in [0.2, 0.25) is 0 Å². The summed E-state index contributed by atoms with van der Waals surface area (Å²) in [4.78, 5) is 11.5. The van der Waals surface area contributed by atoms with Gasteiger partial charge in [0.2, 0.25) is 0 Å². The summed E-state index contributed by atoms with van der Waals surface area (Å²) in [5.74, 6) is 0.514. The van der Waals surface area contributed by atoms with E-state index in [4.69, 9.17) is 15.2 Å².